The second-order valence-corrected chi connectivity index (χ2v) is 20.5. The molecule has 300 valence electrons. The highest BCUT2D eigenvalue weighted by atomic mass is 35.5. The number of amides is 2. The number of ether oxygens (including phenoxy) is 1. The summed E-state index contributed by atoms with van der Waals surface area (Å²) in [5.74, 6) is -0.183. The van der Waals surface area contributed by atoms with Crippen LogP contribution in [-0.4, -0.2) is 119 Å². The predicted octanol–water partition coefficient (Wildman–Crippen LogP) is 3.71. The highest BCUT2D eigenvalue weighted by Crippen LogP contribution is 2.47. The maximum atomic E-state index is 13.9. The second kappa shape index (κ2) is 16.0. The van der Waals surface area contributed by atoms with Gasteiger partial charge in [-0.05, 0) is 105 Å². The molecule has 0 radical (unpaired) electrons. The van der Waals surface area contributed by atoms with Gasteiger partial charge in [0.2, 0.25) is 15.9 Å². The standard InChI is InChI=1S/C39H52ClN5O8S2/c1-42(2)55(51,52)45-20-18-43(19-21-45)37(47)16-12-31-7-3-4-8-35(46)32-13-9-29(32)24-44-25-39(17-5-6-27-22-30(40)11-14-33(27)39)26-53-36-15-10-28(23-34(36)44)38(48)41-54(31,49)50/h4,8,10-11,14-15,22-23,29,31-32,35,46H,3,5-7,9,12-13,16-21,24-26H2,1-2H3,(H,41,48)/b8-4+/t29-,31+,32+,35-,39-/m0/s1. The number of aryl methyl sites for hydroxylation is 1. The predicted molar refractivity (Wildman–Crippen MR) is 211 cm³/mol. The Kier molecular flexibility index (Phi) is 11.6. The van der Waals surface area contributed by atoms with Crippen LogP contribution in [0.15, 0.2) is 48.6 Å². The van der Waals surface area contributed by atoms with E-state index in [0.717, 1.165) is 36.4 Å². The van der Waals surface area contributed by atoms with Crippen molar-refractivity contribution in [2.24, 2.45) is 11.8 Å². The topological polar surface area (TPSA) is 157 Å². The van der Waals surface area contributed by atoms with E-state index in [1.54, 1.807) is 29.2 Å². The molecule has 3 heterocycles. The number of hydrogen-bond acceptors (Lipinski definition) is 9. The average Bonchev–Trinajstić information content (AvgIpc) is 3.28. The van der Waals surface area contributed by atoms with Gasteiger partial charge in [-0.15, -0.1) is 0 Å². The van der Waals surface area contributed by atoms with Gasteiger partial charge in [0.1, 0.15) is 5.75 Å². The van der Waals surface area contributed by atoms with E-state index in [4.69, 9.17) is 16.3 Å². The largest absolute Gasteiger partial charge is 0.490 e. The highest BCUT2D eigenvalue weighted by Gasteiger charge is 2.44. The van der Waals surface area contributed by atoms with Crippen molar-refractivity contribution in [3.63, 3.8) is 0 Å². The van der Waals surface area contributed by atoms with Gasteiger partial charge in [-0.2, -0.15) is 17.0 Å². The number of benzene rings is 2. The Morgan fingerprint density at radius 3 is 2.60 bits per heavy atom. The number of rotatable bonds is 5. The first-order valence-corrected chi connectivity index (χ1v) is 22.7. The third-order valence-corrected chi connectivity index (χ3v) is 16.4. The molecule has 2 N–H and O–H groups in total. The van der Waals surface area contributed by atoms with Crippen molar-refractivity contribution in [2.75, 3.05) is 64.9 Å². The fraction of sp³-hybridized carbons (Fsp3) is 0.590. The number of allylic oxidation sites excluding steroid dienone is 1. The number of halogens is 1. The number of sulfonamides is 1. The molecule has 7 rings (SSSR count). The second-order valence-electron chi connectivity index (χ2n) is 16.0. The number of carbonyl (C=O) groups is 2. The zero-order valence-electron chi connectivity index (χ0n) is 31.5. The molecule has 5 aliphatic rings. The van der Waals surface area contributed by atoms with E-state index in [9.17, 15) is 31.5 Å². The SMILES string of the molecule is CN(C)S(=O)(=O)N1CCN(C(=O)CC[C@H]2CC/C=C/[C@H](O)[C@@H]3CC[C@H]3CN3C[C@@]4(CCCc5cc(Cl)ccc54)COc4ccc(cc43)C(=O)NS2(=O)=O)CC1. The number of piperazine rings is 1. The number of nitrogens with zero attached hydrogens (tertiary/aromatic N) is 4. The first kappa shape index (κ1) is 40.0. The van der Waals surface area contributed by atoms with E-state index in [-0.39, 0.29) is 74.2 Å². The average molecular weight is 818 g/mol. The van der Waals surface area contributed by atoms with Crippen LogP contribution in [0.3, 0.4) is 0 Å². The Bertz CT molecular complexity index is 2040. The van der Waals surface area contributed by atoms with Crippen LogP contribution in [-0.2, 0) is 36.9 Å². The van der Waals surface area contributed by atoms with E-state index in [1.807, 2.05) is 18.2 Å². The van der Waals surface area contributed by atoms with E-state index in [1.165, 1.54) is 29.5 Å². The third-order valence-electron chi connectivity index (χ3n) is 12.4. The minimum Gasteiger partial charge on any atom is -0.490 e. The number of anilines is 1. The Labute approximate surface area is 329 Å². The Balaban J connectivity index is 1.13. The number of hydrogen-bond donors (Lipinski definition) is 2. The summed E-state index contributed by atoms with van der Waals surface area (Å²) in [6.45, 7) is 2.40. The van der Waals surface area contributed by atoms with E-state index in [0.29, 0.717) is 42.6 Å². The molecule has 3 aliphatic heterocycles. The first-order chi connectivity index (χ1) is 26.2. The van der Waals surface area contributed by atoms with Crippen LogP contribution in [0.5, 0.6) is 5.75 Å². The lowest BCUT2D eigenvalue weighted by atomic mass is 9.68. The van der Waals surface area contributed by atoms with Crippen molar-refractivity contribution >= 4 is 49.3 Å². The fourth-order valence-corrected chi connectivity index (χ4v) is 11.7. The molecule has 55 heavy (non-hydrogen) atoms. The zero-order chi connectivity index (χ0) is 39.1. The lowest BCUT2D eigenvalue weighted by Crippen LogP contribution is -2.53. The number of aliphatic hydroxyl groups excluding tert-OH is 1. The normalized spacial score (nSPS) is 29.3. The number of aliphatic hydroxyl groups is 1. The van der Waals surface area contributed by atoms with E-state index >= 15 is 0 Å². The van der Waals surface area contributed by atoms with Crippen molar-refractivity contribution in [3.8, 4) is 5.75 Å². The monoisotopic (exact) mass is 817 g/mol. The van der Waals surface area contributed by atoms with Gasteiger partial charge in [-0.1, -0.05) is 29.8 Å². The fourth-order valence-electron chi connectivity index (χ4n) is 9.04. The molecule has 2 aromatic carbocycles. The maximum Gasteiger partial charge on any atom is 0.281 e. The number of nitrogens with one attached hydrogen (secondary N) is 1. The molecule has 2 aliphatic carbocycles. The van der Waals surface area contributed by atoms with Gasteiger partial charge in [0, 0.05) is 75.8 Å². The molecule has 2 amide bonds. The molecule has 13 nitrogen and oxygen atoms in total. The molecule has 2 fully saturated rings. The molecular formula is C39H52ClN5O8S2. The lowest BCUT2D eigenvalue weighted by Gasteiger charge is -2.45. The minimum atomic E-state index is -4.25. The molecule has 0 aromatic heterocycles. The van der Waals surface area contributed by atoms with Crippen LogP contribution in [0.25, 0.3) is 0 Å². The summed E-state index contributed by atoms with van der Waals surface area (Å²) in [7, 11) is -4.94. The smallest absolute Gasteiger partial charge is 0.281 e. The number of carbonyl (C=O) groups excluding carboxylic acids is 2. The van der Waals surface area contributed by atoms with Crippen LogP contribution in [0.1, 0.15) is 72.9 Å². The van der Waals surface area contributed by atoms with Crippen LogP contribution in [0, 0.1) is 11.8 Å². The van der Waals surface area contributed by atoms with Crippen LogP contribution in [0.2, 0.25) is 5.02 Å². The summed E-state index contributed by atoms with van der Waals surface area (Å²) >= 11 is 6.42. The van der Waals surface area contributed by atoms with Crippen LogP contribution < -0.4 is 14.4 Å². The lowest BCUT2D eigenvalue weighted by molar-refractivity contribution is -0.132. The molecular weight excluding hydrogens is 766 g/mol. The molecule has 2 aromatic rings. The summed E-state index contributed by atoms with van der Waals surface area (Å²) in [4.78, 5) is 30.9. The van der Waals surface area contributed by atoms with Crippen molar-refractivity contribution in [2.45, 2.75) is 74.6 Å². The number of fused-ring (bicyclic) bond motifs is 4. The molecule has 5 atom stereocenters. The molecule has 1 saturated heterocycles. The first-order valence-electron chi connectivity index (χ1n) is 19.3. The molecule has 2 bridgehead atoms. The Hall–Kier alpha value is -3.21. The highest BCUT2D eigenvalue weighted by molar-refractivity contribution is 7.90. The third kappa shape index (κ3) is 8.29. The summed E-state index contributed by atoms with van der Waals surface area (Å²) in [5, 5.41) is 11.0. The van der Waals surface area contributed by atoms with Gasteiger partial charge in [-0.3, -0.25) is 9.59 Å². The Morgan fingerprint density at radius 2 is 1.87 bits per heavy atom. The minimum absolute atomic E-state index is 0.0284. The van der Waals surface area contributed by atoms with Crippen molar-refractivity contribution in [3.05, 3.63) is 70.3 Å². The Morgan fingerprint density at radius 1 is 1.09 bits per heavy atom. The van der Waals surface area contributed by atoms with Crippen LogP contribution in [0.4, 0.5) is 5.69 Å². The molecule has 1 spiro atoms. The molecule has 1 saturated carbocycles. The molecule has 0 unspecified atom stereocenters. The van der Waals surface area contributed by atoms with Gasteiger partial charge >= 0.3 is 0 Å². The summed E-state index contributed by atoms with van der Waals surface area (Å²) in [6, 6.07) is 11.1. The van der Waals surface area contributed by atoms with Crippen molar-refractivity contribution in [1.82, 2.24) is 18.2 Å². The summed E-state index contributed by atoms with van der Waals surface area (Å²) in [6.07, 6.45) is 7.88. The van der Waals surface area contributed by atoms with Gasteiger partial charge in [-0.25, -0.2) is 13.1 Å². The maximum absolute atomic E-state index is 13.9. The van der Waals surface area contributed by atoms with Gasteiger partial charge in [0.25, 0.3) is 16.1 Å². The zero-order valence-corrected chi connectivity index (χ0v) is 33.9. The quantitative estimate of drug-likeness (QED) is 0.430. The summed E-state index contributed by atoms with van der Waals surface area (Å²) < 4.78 is 64.2. The van der Waals surface area contributed by atoms with E-state index in [2.05, 4.69) is 15.7 Å². The van der Waals surface area contributed by atoms with Crippen molar-refractivity contribution in [1.29, 1.82) is 0 Å². The van der Waals surface area contributed by atoms with Gasteiger partial charge in [0.15, 0.2) is 0 Å². The summed E-state index contributed by atoms with van der Waals surface area (Å²) in [5.41, 5.74) is 2.99. The molecule has 16 heteroatoms. The van der Waals surface area contributed by atoms with Crippen molar-refractivity contribution < 1.29 is 36.3 Å². The van der Waals surface area contributed by atoms with Crippen LogP contribution >= 0.6 is 11.6 Å². The van der Waals surface area contributed by atoms with Gasteiger partial charge in [0.05, 0.1) is 23.6 Å². The van der Waals surface area contributed by atoms with Gasteiger partial charge < -0.3 is 19.6 Å². The van der Waals surface area contributed by atoms with E-state index < -0.39 is 37.5 Å².